The van der Waals surface area contributed by atoms with Gasteiger partial charge >= 0.3 is 5.97 Å². The van der Waals surface area contributed by atoms with Crippen LogP contribution in [0.25, 0.3) is 0 Å². The molecular formula is C22H18Cl2N2O3S. The van der Waals surface area contributed by atoms with Crippen molar-refractivity contribution in [1.29, 1.82) is 0 Å². The maximum absolute atomic E-state index is 12.7. The minimum absolute atomic E-state index is 0.0476. The molecule has 2 aromatic carbocycles. The molecule has 1 saturated carbocycles. The van der Waals surface area contributed by atoms with Crippen LogP contribution in [0, 0.1) is 0 Å². The molecule has 1 fully saturated rings. The summed E-state index contributed by atoms with van der Waals surface area (Å²) in [6.07, 6.45) is 1.51. The molecule has 0 saturated heterocycles. The number of rotatable bonds is 6. The first-order valence-corrected chi connectivity index (χ1v) is 11.0. The van der Waals surface area contributed by atoms with Crippen molar-refractivity contribution in [2.24, 2.45) is 0 Å². The summed E-state index contributed by atoms with van der Waals surface area (Å²) >= 11 is 13.3. The van der Waals surface area contributed by atoms with Crippen LogP contribution in [0.15, 0.2) is 53.9 Å². The quantitative estimate of drug-likeness (QED) is 0.429. The molecule has 0 unspecified atom stereocenters. The Morgan fingerprint density at radius 2 is 1.87 bits per heavy atom. The van der Waals surface area contributed by atoms with Crippen molar-refractivity contribution in [3.8, 4) is 0 Å². The van der Waals surface area contributed by atoms with Crippen LogP contribution in [0.2, 0.25) is 10.0 Å². The summed E-state index contributed by atoms with van der Waals surface area (Å²) in [7, 11) is 0. The van der Waals surface area contributed by atoms with Gasteiger partial charge < -0.3 is 4.74 Å². The number of nitrogens with zero attached hydrogens (tertiary/aromatic N) is 2. The second-order valence-electron chi connectivity index (χ2n) is 7.12. The molecule has 1 aromatic heterocycles. The number of hydrogen-bond acceptors (Lipinski definition) is 5. The number of thiazole rings is 1. The van der Waals surface area contributed by atoms with Crippen LogP contribution in [0.4, 0.5) is 10.8 Å². The highest BCUT2D eigenvalue weighted by molar-refractivity contribution is 7.14. The van der Waals surface area contributed by atoms with Gasteiger partial charge in [0.15, 0.2) is 5.13 Å². The number of hydrogen-bond donors (Lipinski definition) is 0. The SMILES string of the molecule is CC(=O)N(c1cccc(Cl)c1)c1nc(COC(=O)C2(c3ccc(Cl)cc3)CC2)cs1. The van der Waals surface area contributed by atoms with Crippen molar-refractivity contribution in [3.05, 3.63) is 75.2 Å². The summed E-state index contributed by atoms with van der Waals surface area (Å²) in [6.45, 7) is 1.51. The smallest absolute Gasteiger partial charge is 0.316 e. The fourth-order valence-corrected chi connectivity index (χ4v) is 4.47. The zero-order chi connectivity index (χ0) is 21.3. The van der Waals surface area contributed by atoms with Crippen molar-refractivity contribution < 1.29 is 14.3 Å². The van der Waals surface area contributed by atoms with Crippen LogP contribution >= 0.6 is 34.5 Å². The maximum atomic E-state index is 12.7. The van der Waals surface area contributed by atoms with Gasteiger partial charge in [-0.2, -0.15) is 0 Å². The summed E-state index contributed by atoms with van der Waals surface area (Å²) in [4.78, 5) is 30.9. The van der Waals surface area contributed by atoms with Crippen molar-refractivity contribution in [2.45, 2.75) is 31.8 Å². The molecule has 0 bridgehead atoms. The Hall–Kier alpha value is -2.41. The number of carbonyl (C=O) groups is 2. The van der Waals surface area contributed by atoms with E-state index in [1.807, 2.05) is 12.1 Å². The molecular weight excluding hydrogens is 443 g/mol. The van der Waals surface area contributed by atoms with Gasteiger partial charge in [0.25, 0.3) is 0 Å². The minimum atomic E-state index is -0.588. The zero-order valence-electron chi connectivity index (χ0n) is 16.1. The van der Waals surface area contributed by atoms with Gasteiger partial charge in [0.1, 0.15) is 6.61 Å². The van der Waals surface area contributed by atoms with Gasteiger partial charge in [-0.25, -0.2) is 4.98 Å². The predicted octanol–water partition coefficient (Wildman–Crippen LogP) is 5.91. The Morgan fingerprint density at radius 1 is 1.13 bits per heavy atom. The van der Waals surface area contributed by atoms with E-state index in [-0.39, 0.29) is 18.5 Å². The topological polar surface area (TPSA) is 59.5 Å². The van der Waals surface area contributed by atoms with Crippen LogP contribution in [-0.4, -0.2) is 16.9 Å². The molecule has 0 radical (unpaired) electrons. The number of aromatic nitrogens is 1. The van der Waals surface area contributed by atoms with Gasteiger partial charge in [0.2, 0.25) is 5.91 Å². The first-order chi connectivity index (χ1) is 14.4. The fourth-order valence-electron chi connectivity index (χ4n) is 3.29. The monoisotopic (exact) mass is 460 g/mol. The van der Waals surface area contributed by atoms with E-state index in [0.717, 1.165) is 18.4 Å². The number of benzene rings is 2. The molecule has 154 valence electrons. The Kier molecular flexibility index (Phi) is 5.82. The Balaban J connectivity index is 1.46. The first-order valence-electron chi connectivity index (χ1n) is 9.33. The number of esters is 1. The number of amides is 1. The lowest BCUT2D eigenvalue weighted by atomic mass is 9.96. The van der Waals surface area contributed by atoms with E-state index in [0.29, 0.717) is 26.6 Å². The third-order valence-corrected chi connectivity index (χ3v) is 6.36. The first kappa shape index (κ1) is 20.8. The van der Waals surface area contributed by atoms with Gasteiger partial charge in [-0.1, -0.05) is 41.4 Å². The van der Waals surface area contributed by atoms with Crippen LogP contribution < -0.4 is 4.90 Å². The van der Waals surface area contributed by atoms with E-state index in [4.69, 9.17) is 27.9 Å². The van der Waals surface area contributed by atoms with Crippen molar-refractivity contribution >= 4 is 57.2 Å². The van der Waals surface area contributed by atoms with E-state index in [1.165, 1.54) is 23.2 Å². The Morgan fingerprint density at radius 3 is 2.50 bits per heavy atom. The highest BCUT2D eigenvalue weighted by Gasteiger charge is 2.52. The predicted molar refractivity (Wildman–Crippen MR) is 119 cm³/mol. The van der Waals surface area contributed by atoms with E-state index >= 15 is 0 Å². The third-order valence-electron chi connectivity index (χ3n) is 5.00. The second-order valence-corrected chi connectivity index (χ2v) is 8.83. The summed E-state index contributed by atoms with van der Waals surface area (Å²) in [5.41, 5.74) is 1.55. The lowest BCUT2D eigenvalue weighted by molar-refractivity contribution is -0.148. The Bertz CT molecular complexity index is 1090. The van der Waals surface area contributed by atoms with Gasteiger partial charge in [-0.3, -0.25) is 14.5 Å². The summed E-state index contributed by atoms with van der Waals surface area (Å²) in [6, 6.07) is 14.3. The van der Waals surface area contributed by atoms with Crippen LogP contribution in [0.1, 0.15) is 31.0 Å². The summed E-state index contributed by atoms with van der Waals surface area (Å²) in [5.74, 6) is -0.451. The Labute approximate surface area is 188 Å². The molecule has 30 heavy (non-hydrogen) atoms. The molecule has 0 N–H and O–H groups in total. The molecule has 0 atom stereocenters. The molecule has 0 spiro atoms. The van der Waals surface area contributed by atoms with Crippen LogP contribution in [-0.2, 0) is 26.3 Å². The highest BCUT2D eigenvalue weighted by atomic mass is 35.5. The number of ether oxygens (including phenoxy) is 1. The maximum Gasteiger partial charge on any atom is 0.316 e. The van der Waals surface area contributed by atoms with Gasteiger partial charge in [-0.05, 0) is 48.7 Å². The standard InChI is InChI=1S/C22H18Cl2N2O3S/c1-14(27)26(19-4-2-3-17(24)11-19)21-25-18(13-30-21)12-29-20(28)22(9-10-22)15-5-7-16(23)8-6-15/h2-8,11,13H,9-10,12H2,1H3. The van der Waals surface area contributed by atoms with Crippen molar-refractivity contribution in [3.63, 3.8) is 0 Å². The van der Waals surface area contributed by atoms with Crippen molar-refractivity contribution in [2.75, 3.05) is 4.90 Å². The molecule has 1 heterocycles. The molecule has 1 amide bonds. The van der Waals surface area contributed by atoms with Gasteiger partial charge in [0, 0.05) is 22.3 Å². The molecule has 8 heteroatoms. The highest BCUT2D eigenvalue weighted by Crippen LogP contribution is 2.49. The van der Waals surface area contributed by atoms with Gasteiger partial charge in [-0.15, -0.1) is 11.3 Å². The molecule has 5 nitrogen and oxygen atoms in total. The molecule has 4 rings (SSSR count). The normalized spacial score (nSPS) is 14.2. The number of anilines is 2. The zero-order valence-corrected chi connectivity index (χ0v) is 18.4. The largest absolute Gasteiger partial charge is 0.458 e. The average Bonchev–Trinajstić information content (AvgIpc) is 3.40. The molecule has 1 aliphatic rings. The van der Waals surface area contributed by atoms with E-state index < -0.39 is 5.41 Å². The van der Waals surface area contributed by atoms with E-state index in [2.05, 4.69) is 4.98 Å². The van der Waals surface area contributed by atoms with Crippen molar-refractivity contribution in [1.82, 2.24) is 4.98 Å². The lowest BCUT2D eigenvalue weighted by Crippen LogP contribution is -2.23. The fraction of sp³-hybridized carbons (Fsp3) is 0.227. The van der Waals surface area contributed by atoms with Crippen LogP contribution in [0.3, 0.4) is 0 Å². The third kappa shape index (κ3) is 4.21. The minimum Gasteiger partial charge on any atom is -0.458 e. The van der Waals surface area contributed by atoms with Crippen LogP contribution in [0.5, 0.6) is 0 Å². The van der Waals surface area contributed by atoms with E-state index in [9.17, 15) is 9.59 Å². The number of carbonyl (C=O) groups excluding carboxylic acids is 2. The molecule has 0 aliphatic heterocycles. The van der Waals surface area contributed by atoms with E-state index in [1.54, 1.807) is 41.8 Å². The molecule has 3 aromatic rings. The molecule has 1 aliphatic carbocycles. The average molecular weight is 461 g/mol. The second kappa shape index (κ2) is 8.38. The summed E-state index contributed by atoms with van der Waals surface area (Å²) in [5, 5.41) is 3.44. The summed E-state index contributed by atoms with van der Waals surface area (Å²) < 4.78 is 5.57. The van der Waals surface area contributed by atoms with Gasteiger partial charge in [0.05, 0.1) is 16.8 Å². The lowest BCUT2D eigenvalue weighted by Gasteiger charge is -2.18. The number of halogens is 2.